The van der Waals surface area contributed by atoms with Gasteiger partial charge >= 0.3 is 5.97 Å². The number of rotatable bonds is 8. The Morgan fingerprint density at radius 3 is 2.78 bits per heavy atom. The van der Waals surface area contributed by atoms with Gasteiger partial charge < -0.3 is 14.2 Å². The van der Waals surface area contributed by atoms with Gasteiger partial charge in [0.05, 0.1) is 24.8 Å². The van der Waals surface area contributed by atoms with E-state index in [-0.39, 0.29) is 10.1 Å². The Morgan fingerprint density at radius 1 is 1.19 bits per heavy atom. The van der Waals surface area contributed by atoms with E-state index in [4.69, 9.17) is 21.1 Å². The maximum atomic E-state index is 11.8. The molecule has 1 amide bonds. The molecule has 0 saturated carbocycles. The van der Waals surface area contributed by atoms with Crippen LogP contribution in [0.5, 0.6) is 11.5 Å². The molecule has 8 nitrogen and oxygen atoms in total. The number of esters is 1. The standard InChI is InChI=1S/C22H20ClN3O5S/c1-3-30-18-10-14(7-8-17(18)31-13-15-5-4-6-16(23)9-15)12-24-26-22-25-21(28)19(32-22)11-20(27)29-2/h4-12H,3,13H2,1-2H3,(H,25,26,28)/b19-11+,24-12?. The monoisotopic (exact) mass is 473 g/mol. The zero-order valence-corrected chi connectivity index (χ0v) is 18.9. The molecule has 2 aromatic carbocycles. The zero-order valence-electron chi connectivity index (χ0n) is 17.3. The Morgan fingerprint density at radius 2 is 2.03 bits per heavy atom. The molecule has 0 spiro atoms. The van der Waals surface area contributed by atoms with E-state index in [9.17, 15) is 9.59 Å². The molecular weight excluding hydrogens is 454 g/mol. The number of hydrogen-bond donors (Lipinski definition) is 1. The molecule has 166 valence electrons. The van der Waals surface area contributed by atoms with Gasteiger partial charge in [0.15, 0.2) is 16.7 Å². The van der Waals surface area contributed by atoms with Gasteiger partial charge in [-0.15, -0.1) is 5.10 Å². The maximum Gasteiger partial charge on any atom is 0.331 e. The van der Waals surface area contributed by atoms with E-state index >= 15 is 0 Å². The number of benzene rings is 2. The molecule has 1 fully saturated rings. The molecule has 0 aliphatic carbocycles. The quantitative estimate of drug-likeness (QED) is 0.270. The van der Waals surface area contributed by atoms with Crippen molar-refractivity contribution < 1.29 is 23.8 Å². The molecule has 0 atom stereocenters. The van der Waals surface area contributed by atoms with Crippen LogP contribution in [0.15, 0.2) is 63.6 Å². The largest absolute Gasteiger partial charge is 0.490 e. The number of ether oxygens (including phenoxy) is 3. The number of carbonyl (C=O) groups excluding carboxylic acids is 2. The van der Waals surface area contributed by atoms with Crippen molar-refractivity contribution in [2.24, 2.45) is 10.2 Å². The van der Waals surface area contributed by atoms with E-state index in [0.29, 0.717) is 29.7 Å². The lowest BCUT2D eigenvalue weighted by molar-refractivity contribution is -0.135. The van der Waals surface area contributed by atoms with Crippen molar-refractivity contribution in [1.82, 2.24) is 5.32 Å². The van der Waals surface area contributed by atoms with Crippen LogP contribution in [0, 0.1) is 0 Å². The Hall–Kier alpha value is -3.30. The lowest BCUT2D eigenvalue weighted by Gasteiger charge is -2.12. The molecule has 0 radical (unpaired) electrons. The topological polar surface area (TPSA) is 98.6 Å². The summed E-state index contributed by atoms with van der Waals surface area (Å²) in [7, 11) is 1.24. The van der Waals surface area contributed by atoms with Crippen LogP contribution in [0.3, 0.4) is 0 Å². The molecule has 10 heteroatoms. The van der Waals surface area contributed by atoms with E-state index in [0.717, 1.165) is 29.0 Å². The predicted octanol–water partition coefficient (Wildman–Crippen LogP) is 3.93. The summed E-state index contributed by atoms with van der Waals surface area (Å²) >= 11 is 7.01. The third kappa shape index (κ3) is 6.60. The number of hydrogen-bond acceptors (Lipinski definition) is 8. The first kappa shape index (κ1) is 23.4. The summed E-state index contributed by atoms with van der Waals surface area (Å²) in [6, 6.07) is 12.8. The Balaban J connectivity index is 1.68. The first-order valence-electron chi connectivity index (χ1n) is 9.52. The lowest BCUT2D eigenvalue weighted by Crippen LogP contribution is -2.19. The highest BCUT2D eigenvalue weighted by Gasteiger charge is 2.25. The average molecular weight is 474 g/mol. The molecule has 0 bridgehead atoms. The van der Waals surface area contributed by atoms with Crippen LogP contribution in [-0.2, 0) is 20.9 Å². The summed E-state index contributed by atoms with van der Waals surface area (Å²) in [6.45, 7) is 2.70. The van der Waals surface area contributed by atoms with Gasteiger partial charge in [0.2, 0.25) is 0 Å². The zero-order chi connectivity index (χ0) is 22.9. The summed E-state index contributed by atoms with van der Waals surface area (Å²) < 4.78 is 16.1. The van der Waals surface area contributed by atoms with Crippen LogP contribution < -0.4 is 14.8 Å². The van der Waals surface area contributed by atoms with Gasteiger partial charge in [0.25, 0.3) is 5.91 Å². The first-order valence-corrected chi connectivity index (χ1v) is 10.7. The minimum absolute atomic E-state index is 0.186. The van der Waals surface area contributed by atoms with Gasteiger partial charge in [-0.25, -0.2) is 4.79 Å². The summed E-state index contributed by atoms with van der Waals surface area (Å²) in [5.74, 6) is 0.104. The molecule has 1 aliphatic heterocycles. The second-order valence-corrected chi connectivity index (χ2v) is 7.76. The highest BCUT2D eigenvalue weighted by molar-refractivity contribution is 8.18. The summed E-state index contributed by atoms with van der Waals surface area (Å²) in [4.78, 5) is 23.3. The number of carbonyl (C=O) groups is 2. The third-order valence-corrected chi connectivity index (χ3v) is 5.14. The summed E-state index contributed by atoms with van der Waals surface area (Å²) in [6.07, 6.45) is 2.62. The molecule has 0 aromatic heterocycles. The van der Waals surface area contributed by atoms with Crippen molar-refractivity contribution in [1.29, 1.82) is 0 Å². The molecule has 1 N–H and O–H groups in total. The highest BCUT2D eigenvalue weighted by atomic mass is 35.5. The molecular formula is C22H20ClN3O5S. The van der Waals surface area contributed by atoms with Gasteiger partial charge in [-0.3, -0.25) is 10.1 Å². The highest BCUT2D eigenvalue weighted by Crippen LogP contribution is 2.29. The Bertz CT molecular complexity index is 1100. The number of nitrogens with one attached hydrogen (secondary N) is 1. The first-order chi connectivity index (χ1) is 15.5. The van der Waals surface area contributed by atoms with Gasteiger partial charge in [-0.05, 0) is 60.1 Å². The number of nitrogens with zero attached hydrogens (tertiary/aromatic N) is 2. The van der Waals surface area contributed by atoms with Gasteiger partial charge in [0.1, 0.15) is 6.61 Å². The number of methoxy groups -OCH3 is 1. The molecule has 32 heavy (non-hydrogen) atoms. The molecule has 2 aromatic rings. The molecule has 1 heterocycles. The lowest BCUT2D eigenvalue weighted by atomic mass is 10.2. The van der Waals surface area contributed by atoms with Crippen molar-refractivity contribution >= 4 is 46.6 Å². The van der Waals surface area contributed by atoms with Gasteiger partial charge in [-0.1, -0.05) is 23.7 Å². The van der Waals surface area contributed by atoms with Crippen molar-refractivity contribution in [3.63, 3.8) is 0 Å². The van der Waals surface area contributed by atoms with Crippen LogP contribution >= 0.6 is 23.4 Å². The van der Waals surface area contributed by atoms with Gasteiger partial charge in [0, 0.05) is 11.1 Å². The molecule has 1 saturated heterocycles. The van der Waals surface area contributed by atoms with Crippen LogP contribution in [0.25, 0.3) is 0 Å². The molecule has 0 unspecified atom stereocenters. The minimum Gasteiger partial charge on any atom is -0.490 e. The predicted molar refractivity (Wildman–Crippen MR) is 124 cm³/mol. The van der Waals surface area contributed by atoms with Crippen molar-refractivity contribution in [2.75, 3.05) is 13.7 Å². The van der Waals surface area contributed by atoms with Crippen molar-refractivity contribution in [3.05, 3.63) is 69.6 Å². The fourth-order valence-corrected chi connectivity index (χ4v) is 3.52. The number of halogens is 1. The van der Waals surface area contributed by atoms with Crippen molar-refractivity contribution in [3.8, 4) is 11.5 Å². The van der Waals surface area contributed by atoms with E-state index in [1.807, 2.05) is 31.2 Å². The summed E-state index contributed by atoms with van der Waals surface area (Å²) in [5.41, 5.74) is 1.67. The van der Waals surface area contributed by atoms with E-state index in [1.54, 1.807) is 18.2 Å². The van der Waals surface area contributed by atoms with E-state index in [2.05, 4.69) is 20.3 Å². The SMILES string of the molecule is CCOc1cc(C=N/N=C2/NC(=O)/C(=C\C(=O)OC)S2)ccc1OCc1cccc(Cl)c1. The maximum absolute atomic E-state index is 11.8. The van der Waals surface area contributed by atoms with Crippen LogP contribution in [0.1, 0.15) is 18.1 Å². The minimum atomic E-state index is -0.617. The number of amides is 1. The normalized spacial score (nSPS) is 15.9. The van der Waals surface area contributed by atoms with Crippen LogP contribution in [0.4, 0.5) is 0 Å². The van der Waals surface area contributed by atoms with E-state index in [1.165, 1.54) is 13.3 Å². The van der Waals surface area contributed by atoms with E-state index < -0.39 is 11.9 Å². The van der Waals surface area contributed by atoms with Crippen LogP contribution in [0.2, 0.25) is 5.02 Å². The number of amidine groups is 1. The summed E-state index contributed by atoms with van der Waals surface area (Å²) in [5, 5.41) is 11.4. The Labute approximate surface area is 194 Å². The molecule has 3 rings (SSSR count). The molecule has 1 aliphatic rings. The second kappa shape index (κ2) is 11.4. The van der Waals surface area contributed by atoms with Gasteiger partial charge in [-0.2, -0.15) is 5.10 Å². The second-order valence-electron chi connectivity index (χ2n) is 6.30. The Kier molecular flexibility index (Phi) is 8.29. The number of thioether (sulfide) groups is 1. The fraction of sp³-hybridized carbons (Fsp3) is 0.182. The third-order valence-electron chi connectivity index (χ3n) is 4.01. The van der Waals surface area contributed by atoms with Crippen molar-refractivity contribution in [2.45, 2.75) is 13.5 Å². The average Bonchev–Trinajstić information content (AvgIpc) is 3.12. The van der Waals surface area contributed by atoms with Crippen LogP contribution in [-0.4, -0.2) is 37.0 Å². The fourth-order valence-electron chi connectivity index (χ4n) is 2.57. The smallest absolute Gasteiger partial charge is 0.331 e.